The average Bonchev–Trinajstić information content (AvgIpc) is 3.03. The van der Waals surface area contributed by atoms with Crippen LogP contribution in [0, 0.1) is 0 Å². The topological polar surface area (TPSA) is 57.7 Å². The molecule has 28 heavy (non-hydrogen) atoms. The SMILES string of the molecule is CCSN1C(=O)C(=C2c3ccccc3-c3ccccc32)C(=O)N(SCC)C1=O. The predicted octanol–water partition coefficient (Wildman–Crippen LogP) is 4.60. The molecule has 5 nitrogen and oxygen atoms in total. The van der Waals surface area contributed by atoms with Crippen molar-refractivity contribution < 1.29 is 14.4 Å². The maximum Gasteiger partial charge on any atom is 0.354 e. The van der Waals surface area contributed by atoms with Gasteiger partial charge in [0.15, 0.2) is 0 Å². The minimum absolute atomic E-state index is 0.0545. The highest BCUT2D eigenvalue weighted by molar-refractivity contribution is 7.99. The summed E-state index contributed by atoms with van der Waals surface area (Å²) in [6.07, 6.45) is 0. The van der Waals surface area contributed by atoms with Gasteiger partial charge < -0.3 is 0 Å². The van der Waals surface area contributed by atoms with Crippen LogP contribution in [0.2, 0.25) is 0 Å². The van der Waals surface area contributed by atoms with Crippen LogP contribution in [0.5, 0.6) is 0 Å². The Labute approximate surface area is 172 Å². The number of benzene rings is 2. The van der Waals surface area contributed by atoms with E-state index in [1.54, 1.807) is 0 Å². The summed E-state index contributed by atoms with van der Waals surface area (Å²) in [6.45, 7) is 3.73. The predicted molar refractivity (Wildman–Crippen MR) is 113 cm³/mol. The Kier molecular flexibility index (Phi) is 5.03. The zero-order valence-electron chi connectivity index (χ0n) is 15.5. The molecule has 0 radical (unpaired) electrons. The van der Waals surface area contributed by atoms with Crippen LogP contribution >= 0.6 is 23.9 Å². The lowest BCUT2D eigenvalue weighted by Crippen LogP contribution is -2.51. The Hall–Kier alpha value is -2.51. The molecule has 4 amide bonds. The molecule has 0 saturated carbocycles. The first-order valence-electron chi connectivity index (χ1n) is 9.02. The lowest BCUT2D eigenvalue weighted by molar-refractivity contribution is -0.129. The van der Waals surface area contributed by atoms with Crippen molar-refractivity contribution in [1.29, 1.82) is 0 Å². The summed E-state index contributed by atoms with van der Waals surface area (Å²) in [4.78, 5) is 39.2. The van der Waals surface area contributed by atoms with Crippen molar-refractivity contribution in [3.8, 4) is 11.1 Å². The average molecular weight is 411 g/mol. The Bertz CT molecular complexity index is 954. The third kappa shape index (κ3) is 2.77. The van der Waals surface area contributed by atoms with Gasteiger partial charge in [0.25, 0.3) is 11.8 Å². The Balaban J connectivity index is 1.99. The Morgan fingerprint density at radius 1 is 0.643 bits per heavy atom. The zero-order chi connectivity index (χ0) is 19.8. The third-order valence-corrected chi connectivity index (χ3v) is 6.27. The van der Waals surface area contributed by atoms with Crippen molar-refractivity contribution >= 4 is 47.3 Å². The normalized spacial score (nSPS) is 16.0. The quantitative estimate of drug-likeness (QED) is 0.358. The van der Waals surface area contributed by atoms with E-state index in [4.69, 9.17) is 0 Å². The molecule has 4 rings (SSSR count). The number of urea groups is 1. The number of hydrogen-bond donors (Lipinski definition) is 0. The summed E-state index contributed by atoms with van der Waals surface area (Å²) in [5, 5.41) is 0. The molecule has 0 bridgehead atoms. The maximum absolute atomic E-state index is 13.3. The molecule has 1 saturated heterocycles. The number of imide groups is 2. The zero-order valence-corrected chi connectivity index (χ0v) is 17.1. The lowest BCUT2D eigenvalue weighted by atomic mass is 9.96. The highest BCUT2D eigenvalue weighted by Gasteiger charge is 2.46. The van der Waals surface area contributed by atoms with Crippen LogP contribution in [0.25, 0.3) is 16.7 Å². The standard InChI is InChI=1S/C21H18N2O3S2/c1-3-27-22-19(24)18(20(25)23(21(22)26)28-4-2)17-15-11-7-5-9-13(15)14-10-6-8-12-16(14)17/h5-12H,3-4H2,1-2H3. The fourth-order valence-electron chi connectivity index (χ4n) is 3.54. The molecular weight excluding hydrogens is 392 g/mol. The molecule has 142 valence electrons. The second kappa shape index (κ2) is 7.48. The molecule has 7 heteroatoms. The molecule has 2 aromatic rings. The van der Waals surface area contributed by atoms with Gasteiger partial charge in [-0.2, -0.15) is 8.61 Å². The molecule has 0 unspecified atom stereocenters. The van der Waals surface area contributed by atoms with Crippen molar-refractivity contribution in [2.45, 2.75) is 13.8 Å². The van der Waals surface area contributed by atoms with Crippen LogP contribution in [0.3, 0.4) is 0 Å². The molecule has 2 aromatic carbocycles. The Morgan fingerprint density at radius 2 is 1.04 bits per heavy atom. The highest BCUT2D eigenvalue weighted by atomic mass is 32.2. The van der Waals surface area contributed by atoms with Crippen molar-refractivity contribution in [3.05, 3.63) is 65.2 Å². The lowest BCUT2D eigenvalue weighted by Gasteiger charge is -2.32. The van der Waals surface area contributed by atoms with Gasteiger partial charge in [-0.3, -0.25) is 9.59 Å². The van der Waals surface area contributed by atoms with Crippen LogP contribution in [-0.2, 0) is 9.59 Å². The van der Waals surface area contributed by atoms with Crippen LogP contribution < -0.4 is 0 Å². The van der Waals surface area contributed by atoms with Gasteiger partial charge in [-0.05, 0) is 46.1 Å². The first-order chi connectivity index (χ1) is 13.6. The van der Waals surface area contributed by atoms with Gasteiger partial charge in [-0.15, -0.1) is 0 Å². The van der Waals surface area contributed by atoms with E-state index in [2.05, 4.69) is 0 Å². The van der Waals surface area contributed by atoms with Crippen molar-refractivity contribution in [1.82, 2.24) is 8.61 Å². The summed E-state index contributed by atoms with van der Waals surface area (Å²) in [5.41, 5.74) is 4.33. The highest BCUT2D eigenvalue weighted by Crippen LogP contribution is 2.47. The first kappa shape index (κ1) is 18.8. The Morgan fingerprint density at radius 3 is 1.43 bits per heavy atom. The fourth-order valence-corrected chi connectivity index (χ4v) is 4.91. The first-order valence-corrected chi connectivity index (χ1v) is 10.9. The molecule has 1 heterocycles. The van der Waals surface area contributed by atoms with Crippen molar-refractivity contribution in [3.63, 3.8) is 0 Å². The number of carbonyl (C=O) groups is 3. The third-order valence-electron chi connectivity index (χ3n) is 4.59. The van der Waals surface area contributed by atoms with Crippen molar-refractivity contribution in [2.75, 3.05) is 11.5 Å². The van der Waals surface area contributed by atoms with Crippen LogP contribution in [0.1, 0.15) is 25.0 Å². The van der Waals surface area contributed by atoms with Gasteiger partial charge in [0.2, 0.25) is 0 Å². The van der Waals surface area contributed by atoms with Gasteiger partial charge in [-0.1, -0.05) is 62.4 Å². The second-order valence-corrected chi connectivity index (χ2v) is 8.56. The minimum Gasteiger partial charge on any atom is -0.267 e. The fraction of sp³-hybridized carbons (Fsp3) is 0.190. The summed E-state index contributed by atoms with van der Waals surface area (Å²) >= 11 is 2.24. The maximum atomic E-state index is 13.3. The number of hydrogen-bond acceptors (Lipinski definition) is 5. The van der Waals surface area contributed by atoms with Crippen LogP contribution in [0.4, 0.5) is 4.79 Å². The molecule has 0 atom stereocenters. The summed E-state index contributed by atoms with van der Waals surface area (Å²) in [6, 6.07) is 14.9. The summed E-state index contributed by atoms with van der Waals surface area (Å²) < 4.78 is 2.21. The second-order valence-electron chi connectivity index (χ2n) is 6.16. The van der Waals surface area contributed by atoms with Gasteiger partial charge in [0.1, 0.15) is 5.57 Å². The van der Waals surface area contributed by atoms with Gasteiger partial charge >= 0.3 is 6.03 Å². The van der Waals surface area contributed by atoms with Crippen molar-refractivity contribution in [2.24, 2.45) is 0 Å². The molecule has 1 aliphatic heterocycles. The monoisotopic (exact) mass is 410 g/mol. The summed E-state index contributed by atoms with van der Waals surface area (Å²) in [5.74, 6) is 0.00525. The minimum atomic E-state index is -0.586. The van der Waals surface area contributed by atoms with Gasteiger partial charge in [0.05, 0.1) is 0 Å². The van der Waals surface area contributed by atoms with Crippen LogP contribution in [-0.4, -0.2) is 38.0 Å². The number of rotatable bonds is 4. The molecule has 1 aliphatic carbocycles. The number of nitrogens with zero attached hydrogens (tertiary/aromatic N) is 2. The number of carbonyl (C=O) groups excluding carboxylic acids is 3. The van der Waals surface area contributed by atoms with E-state index in [1.165, 1.54) is 0 Å². The van der Waals surface area contributed by atoms with Gasteiger partial charge in [-0.25, -0.2) is 4.79 Å². The van der Waals surface area contributed by atoms with E-state index in [0.29, 0.717) is 17.1 Å². The number of amides is 4. The van der Waals surface area contributed by atoms with Crippen LogP contribution in [0.15, 0.2) is 54.1 Å². The van der Waals surface area contributed by atoms with E-state index in [-0.39, 0.29) is 5.57 Å². The molecular formula is C21H18N2O3S2. The molecule has 1 fully saturated rings. The van der Waals surface area contributed by atoms with E-state index < -0.39 is 17.8 Å². The van der Waals surface area contributed by atoms with E-state index >= 15 is 0 Å². The molecule has 0 spiro atoms. The molecule has 0 N–H and O–H groups in total. The smallest absolute Gasteiger partial charge is 0.267 e. The number of barbiturate groups is 1. The largest absolute Gasteiger partial charge is 0.354 e. The van der Waals surface area contributed by atoms with E-state index in [9.17, 15) is 14.4 Å². The van der Waals surface area contributed by atoms with E-state index in [0.717, 1.165) is 54.8 Å². The van der Waals surface area contributed by atoms with Gasteiger partial charge in [0, 0.05) is 17.1 Å². The number of fused-ring (bicyclic) bond motifs is 3. The molecule has 2 aliphatic rings. The molecule has 0 aromatic heterocycles. The van der Waals surface area contributed by atoms with E-state index in [1.807, 2.05) is 62.4 Å². The summed E-state index contributed by atoms with van der Waals surface area (Å²) in [7, 11) is 0.